The third-order valence-electron chi connectivity index (χ3n) is 7.14. The molecule has 2 aromatic heterocycles. The Kier molecular flexibility index (Phi) is 13.1. The molecule has 1 fully saturated rings. The van der Waals surface area contributed by atoms with Gasteiger partial charge in [-0.3, -0.25) is 19.1 Å². The first-order valence-electron chi connectivity index (χ1n) is 14.3. The Morgan fingerprint density at radius 1 is 1.02 bits per heavy atom. The van der Waals surface area contributed by atoms with E-state index in [0.29, 0.717) is 61.6 Å². The minimum Gasteiger partial charge on any atom is -0.493 e. The number of sulfonamides is 1. The molecule has 0 unspecified atom stereocenters. The van der Waals surface area contributed by atoms with Crippen LogP contribution in [0.25, 0.3) is 22.4 Å². The van der Waals surface area contributed by atoms with E-state index in [1.54, 1.807) is 25.2 Å². The number of carboxylic acids is 3. The van der Waals surface area contributed by atoms with Crippen LogP contribution in [0.3, 0.4) is 0 Å². The molecule has 3 heterocycles. The number of ether oxygens (including phenoxy) is 1. The van der Waals surface area contributed by atoms with Crippen LogP contribution < -0.4 is 10.3 Å². The minimum absolute atomic E-state index is 0. The fourth-order valence-electron chi connectivity index (χ4n) is 4.81. The van der Waals surface area contributed by atoms with Gasteiger partial charge in [-0.05, 0) is 38.6 Å². The number of aromatic nitrogens is 4. The maximum atomic E-state index is 13.3. The third-order valence-corrected chi connectivity index (χ3v) is 9.04. The van der Waals surface area contributed by atoms with Crippen LogP contribution in [0.4, 0.5) is 0 Å². The van der Waals surface area contributed by atoms with E-state index in [1.807, 2.05) is 20.9 Å². The van der Waals surface area contributed by atoms with Crippen LogP contribution in [0.15, 0.2) is 27.9 Å². The minimum atomic E-state index is -3.70. The molecule has 47 heavy (non-hydrogen) atoms. The van der Waals surface area contributed by atoms with E-state index < -0.39 is 46.4 Å². The van der Waals surface area contributed by atoms with Gasteiger partial charge in [0.05, 0.1) is 35.6 Å². The number of hydrogen-bond acceptors (Lipinski definition) is 11. The second-order valence-corrected chi connectivity index (χ2v) is 12.6. The SMILES string of the molecule is CCCc1nn(C)c2c(=O)[nH]c(-c3cc(S(=O)(=O)N4CCN(C)CC4)ccc3OCC)nc12.O.O=C(O)CC(O)(CC(=O)O)C(=O)O. The normalized spacial score (nSPS) is 14.1. The molecule has 1 saturated heterocycles. The zero-order chi connectivity index (χ0) is 34.4. The summed E-state index contributed by atoms with van der Waals surface area (Å²) in [6, 6.07) is 4.71. The van der Waals surface area contributed by atoms with Crippen molar-refractivity contribution in [3.8, 4) is 17.1 Å². The molecule has 0 saturated carbocycles. The van der Waals surface area contributed by atoms with Crippen molar-refractivity contribution in [2.75, 3.05) is 39.8 Å². The van der Waals surface area contributed by atoms with Crippen molar-refractivity contribution in [2.45, 2.75) is 50.0 Å². The summed E-state index contributed by atoms with van der Waals surface area (Å²) in [5, 5.41) is 38.3. The second-order valence-electron chi connectivity index (χ2n) is 10.7. The molecule has 0 atom stereocenters. The number of carbonyl (C=O) groups is 3. The molecule has 1 aliphatic rings. The maximum Gasteiger partial charge on any atom is 0.336 e. The summed E-state index contributed by atoms with van der Waals surface area (Å²) in [4.78, 5) is 53.1. The number of aryl methyl sites for hydroxylation is 2. The van der Waals surface area contributed by atoms with Gasteiger partial charge < -0.3 is 40.5 Å². The Balaban J connectivity index is 0.000000468. The molecule has 0 bridgehead atoms. The molecule has 1 aromatic carbocycles. The van der Waals surface area contributed by atoms with Crippen molar-refractivity contribution in [1.82, 2.24) is 29.0 Å². The summed E-state index contributed by atoms with van der Waals surface area (Å²) < 4.78 is 35.4. The molecule has 0 spiro atoms. The van der Waals surface area contributed by atoms with E-state index in [1.165, 1.54) is 8.99 Å². The predicted molar refractivity (Wildman–Crippen MR) is 167 cm³/mol. The monoisotopic (exact) mass is 684 g/mol. The molecule has 7 N–H and O–H groups in total. The lowest BCUT2D eigenvalue weighted by molar-refractivity contribution is -0.170. The molecule has 0 radical (unpaired) electrons. The highest BCUT2D eigenvalue weighted by atomic mass is 32.2. The van der Waals surface area contributed by atoms with E-state index in [0.717, 1.165) is 12.1 Å². The Bertz CT molecular complexity index is 1750. The van der Waals surface area contributed by atoms with Crippen LogP contribution in [0.5, 0.6) is 5.75 Å². The van der Waals surface area contributed by atoms with Crippen molar-refractivity contribution in [1.29, 1.82) is 0 Å². The average molecular weight is 685 g/mol. The highest BCUT2D eigenvalue weighted by Gasteiger charge is 2.40. The molecule has 0 amide bonds. The van der Waals surface area contributed by atoms with Crippen LogP contribution in [0.1, 0.15) is 38.8 Å². The van der Waals surface area contributed by atoms with E-state index in [4.69, 9.17) is 30.1 Å². The maximum absolute atomic E-state index is 13.3. The molecular formula is C28H40N6O12S. The van der Waals surface area contributed by atoms with Crippen LogP contribution in [-0.2, 0) is 37.9 Å². The fraction of sp³-hybridized carbons (Fsp3) is 0.500. The standard InChI is InChI=1S/C22H30N6O4S.C6H8O7.H2O/c1-5-7-17-19-20(27(4)25-17)22(29)24-21(23-19)16-14-15(8-9-18(16)32-6-2)33(30,31)28-12-10-26(3)11-13-28;7-3(8)1-6(13,5(11)12)2-4(9)10;/h8-9,14H,5-7,10-13H2,1-4H3,(H,23,24,29);13H,1-2H2,(H,7,8)(H,9,10)(H,11,12);1H2. The molecule has 18 nitrogen and oxygen atoms in total. The number of H-pyrrole nitrogens is 1. The van der Waals surface area contributed by atoms with Gasteiger partial charge in [0.15, 0.2) is 11.1 Å². The van der Waals surface area contributed by atoms with Gasteiger partial charge in [0.2, 0.25) is 10.0 Å². The zero-order valence-electron chi connectivity index (χ0n) is 26.4. The lowest BCUT2D eigenvalue weighted by Gasteiger charge is -2.31. The summed E-state index contributed by atoms with van der Waals surface area (Å²) in [5.74, 6) is -4.30. The summed E-state index contributed by atoms with van der Waals surface area (Å²) in [5.41, 5.74) is -0.993. The number of benzene rings is 1. The van der Waals surface area contributed by atoms with E-state index in [9.17, 15) is 27.6 Å². The molecular weight excluding hydrogens is 644 g/mol. The third kappa shape index (κ3) is 9.10. The number of nitrogens with one attached hydrogen (secondary N) is 1. The van der Waals surface area contributed by atoms with Gasteiger partial charge in [0, 0.05) is 33.2 Å². The van der Waals surface area contributed by atoms with Crippen LogP contribution >= 0.6 is 0 Å². The Morgan fingerprint density at radius 2 is 1.62 bits per heavy atom. The fourth-order valence-corrected chi connectivity index (χ4v) is 6.26. The van der Waals surface area contributed by atoms with Crippen molar-refractivity contribution in [3.63, 3.8) is 0 Å². The van der Waals surface area contributed by atoms with Crippen molar-refractivity contribution in [3.05, 3.63) is 34.2 Å². The first-order valence-corrected chi connectivity index (χ1v) is 15.8. The van der Waals surface area contributed by atoms with Gasteiger partial charge in [0.25, 0.3) is 5.56 Å². The molecule has 4 rings (SSSR count). The Labute approximate surface area is 269 Å². The largest absolute Gasteiger partial charge is 0.493 e. The van der Waals surface area contributed by atoms with Gasteiger partial charge in [-0.2, -0.15) is 9.40 Å². The first kappa shape index (κ1) is 38.8. The van der Waals surface area contributed by atoms with E-state index in [-0.39, 0.29) is 21.8 Å². The molecule has 0 aliphatic carbocycles. The first-order chi connectivity index (χ1) is 21.5. The smallest absolute Gasteiger partial charge is 0.336 e. The number of rotatable bonds is 12. The number of aliphatic carboxylic acids is 3. The average Bonchev–Trinajstić information content (AvgIpc) is 3.28. The number of fused-ring (bicyclic) bond motifs is 1. The second kappa shape index (κ2) is 15.9. The van der Waals surface area contributed by atoms with Gasteiger partial charge in [-0.1, -0.05) is 13.3 Å². The van der Waals surface area contributed by atoms with Gasteiger partial charge >= 0.3 is 17.9 Å². The lowest BCUT2D eigenvalue weighted by atomic mass is 9.96. The summed E-state index contributed by atoms with van der Waals surface area (Å²) in [6.45, 7) is 6.48. The zero-order valence-corrected chi connectivity index (χ0v) is 27.2. The predicted octanol–water partition coefficient (Wildman–Crippen LogP) is -0.462. The molecule has 3 aromatic rings. The number of hydrogen-bond donors (Lipinski definition) is 5. The molecule has 1 aliphatic heterocycles. The summed E-state index contributed by atoms with van der Waals surface area (Å²) >= 11 is 0. The highest BCUT2D eigenvalue weighted by molar-refractivity contribution is 7.89. The number of likely N-dealkylation sites (N-methyl/N-ethyl adjacent to an activating group) is 1. The number of aromatic amines is 1. The summed E-state index contributed by atoms with van der Waals surface area (Å²) in [6.07, 6.45) is -0.745. The quantitative estimate of drug-likeness (QED) is 0.161. The Morgan fingerprint density at radius 3 is 2.13 bits per heavy atom. The van der Waals surface area contributed by atoms with Gasteiger partial charge in [0.1, 0.15) is 17.1 Å². The summed E-state index contributed by atoms with van der Waals surface area (Å²) in [7, 11) is -0.00831. The van der Waals surface area contributed by atoms with E-state index >= 15 is 0 Å². The molecule has 260 valence electrons. The number of piperazine rings is 1. The van der Waals surface area contributed by atoms with Gasteiger partial charge in [-0.15, -0.1) is 0 Å². The number of carboxylic acid groups (broad SMARTS) is 3. The van der Waals surface area contributed by atoms with Crippen molar-refractivity contribution in [2.24, 2.45) is 7.05 Å². The van der Waals surface area contributed by atoms with Crippen LogP contribution in [0.2, 0.25) is 0 Å². The number of nitrogens with zero attached hydrogens (tertiary/aromatic N) is 5. The topological polar surface area (TPSA) is 277 Å². The van der Waals surface area contributed by atoms with Crippen molar-refractivity contribution < 1.29 is 53.4 Å². The van der Waals surface area contributed by atoms with Crippen LogP contribution in [0, 0.1) is 0 Å². The number of aliphatic hydroxyl groups is 1. The Hall–Kier alpha value is -4.43. The molecule has 19 heteroatoms. The van der Waals surface area contributed by atoms with Crippen molar-refractivity contribution >= 4 is 39.0 Å². The van der Waals surface area contributed by atoms with Crippen LogP contribution in [-0.4, -0.2) is 127 Å². The highest BCUT2D eigenvalue weighted by Crippen LogP contribution is 2.32. The van der Waals surface area contributed by atoms with E-state index in [2.05, 4.69) is 15.0 Å². The van der Waals surface area contributed by atoms with Gasteiger partial charge in [-0.25, -0.2) is 18.2 Å². The lowest BCUT2D eigenvalue weighted by Crippen LogP contribution is -2.47.